The first-order valence-corrected chi connectivity index (χ1v) is 11.2. The highest BCUT2D eigenvalue weighted by Gasteiger charge is 2.61. The molecule has 0 aromatic carbocycles. The lowest BCUT2D eigenvalue weighted by Gasteiger charge is -2.60. The summed E-state index contributed by atoms with van der Waals surface area (Å²) in [6.45, 7) is 7.46. The second-order valence-corrected chi connectivity index (χ2v) is 10.4. The summed E-state index contributed by atoms with van der Waals surface area (Å²) >= 11 is 0. The molecule has 7 atom stereocenters. The Balaban J connectivity index is 1.54. The molecule has 0 aromatic rings. The predicted octanol–water partition coefficient (Wildman–Crippen LogP) is 4.59. The molecule has 0 aromatic heterocycles. The largest absolute Gasteiger partial charge is 0.463 e. The molecule has 0 radical (unpaired) electrons. The van der Waals surface area contributed by atoms with E-state index < -0.39 is 0 Å². The van der Waals surface area contributed by atoms with E-state index in [1.54, 1.807) is 0 Å². The molecule has 4 rings (SSSR count). The molecule has 0 unspecified atom stereocenters. The molecule has 0 N–H and O–H groups in total. The van der Waals surface area contributed by atoms with Gasteiger partial charge in [0.05, 0.1) is 0 Å². The van der Waals surface area contributed by atoms with Gasteiger partial charge in [0.25, 0.3) is 0 Å². The van der Waals surface area contributed by atoms with Gasteiger partial charge in [-0.2, -0.15) is 0 Å². The Morgan fingerprint density at radius 1 is 1.00 bits per heavy atom. The number of esters is 2. The molecule has 0 amide bonds. The number of rotatable bonds is 2. The van der Waals surface area contributed by atoms with Crippen LogP contribution in [-0.4, -0.2) is 23.8 Å². The van der Waals surface area contributed by atoms with E-state index >= 15 is 0 Å². The molecule has 4 saturated carbocycles. The molecular formula is C24H34O5. The summed E-state index contributed by atoms with van der Waals surface area (Å²) in [5.41, 5.74) is 0.650. The predicted molar refractivity (Wildman–Crippen MR) is 108 cm³/mol. The third-order valence-corrected chi connectivity index (χ3v) is 8.96. The van der Waals surface area contributed by atoms with Crippen molar-refractivity contribution in [1.82, 2.24) is 0 Å². The van der Waals surface area contributed by atoms with Crippen molar-refractivity contribution in [2.45, 2.75) is 85.2 Å². The molecule has 0 spiro atoms. The number of fused-ring (bicyclic) bond motifs is 5. The summed E-state index contributed by atoms with van der Waals surface area (Å²) in [6, 6.07) is 0. The van der Waals surface area contributed by atoms with Crippen molar-refractivity contribution in [3.8, 4) is 0 Å². The quantitative estimate of drug-likeness (QED) is 0.384. The SMILES string of the molecule is CC(=O)OC=C1C[C@H]2[C@@H]3CC[C@H]4C[C@@H](OC(C)=O)CC[C@]4(C)[C@H]3CC[C@]2(C)C1=O. The third kappa shape index (κ3) is 3.34. The van der Waals surface area contributed by atoms with Crippen molar-refractivity contribution >= 4 is 17.7 Å². The van der Waals surface area contributed by atoms with E-state index in [0.29, 0.717) is 29.2 Å². The molecule has 4 aliphatic rings. The van der Waals surface area contributed by atoms with Gasteiger partial charge < -0.3 is 9.47 Å². The minimum atomic E-state index is -0.374. The van der Waals surface area contributed by atoms with Crippen LogP contribution >= 0.6 is 0 Å². The highest BCUT2D eigenvalue weighted by molar-refractivity contribution is 6.02. The Kier molecular flexibility index (Phi) is 5.15. The smallest absolute Gasteiger partial charge is 0.307 e. The number of ether oxygens (including phenoxy) is 2. The van der Waals surface area contributed by atoms with E-state index in [4.69, 9.17) is 9.47 Å². The molecule has 0 aliphatic heterocycles. The topological polar surface area (TPSA) is 69.7 Å². The van der Waals surface area contributed by atoms with Crippen LogP contribution in [0, 0.1) is 34.5 Å². The second-order valence-electron chi connectivity index (χ2n) is 10.4. The Hall–Kier alpha value is -1.65. The van der Waals surface area contributed by atoms with Crippen LogP contribution in [0.15, 0.2) is 11.8 Å². The highest BCUT2D eigenvalue weighted by Crippen LogP contribution is 2.66. The summed E-state index contributed by atoms with van der Waals surface area (Å²) in [5, 5.41) is 0. The first kappa shape index (κ1) is 20.6. The molecule has 0 saturated heterocycles. The van der Waals surface area contributed by atoms with Crippen molar-refractivity contribution in [1.29, 1.82) is 0 Å². The van der Waals surface area contributed by atoms with E-state index in [2.05, 4.69) is 13.8 Å². The van der Waals surface area contributed by atoms with Crippen molar-refractivity contribution in [3.05, 3.63) is 11.8 Å². The van der Waals surface area contributed by atoms with Crippen molar-refractivity contribution in [3.63, 3.8) is 0 Å². The van der Waals surface area contributed by atoms with Crippen LogP contribution in [-0.2, 0) is 23.9 Å². The van der Waals surface area contributed by atoms with Gasteiger partial charge in [0.2, 0.25) is 0 Å². The van der Waals surface area contributed by atoms with Gasteiger partial charge in [-0.25, -0.2) is 0 Å². The van der Waals surface area contributed by atoms with Gasteiger partial charge in [0.15, 0.2) is 5.78 Å². The number of hydrogen-bond acceptors (Lipinski definition) is 5. The molecule has 4 aliphatic carbocycles. The van der Waals surface area contributed by atoms with Gasteiger partial charge in [-0.15, -0.1) is 0 Å². The first-order chi connectivity index (χ1) is 13.6. The summed E-state index contributed by atoms with van der Waals surface area (Å²) in [5.74, 6) is 1.76. The van der Waals surface area contributed by atoms with E-state index in [-0.39, 0.29) is 34.7 Å². The lowest BCUT2D eigenvalue weighted by atomic mass is 9.45. The molecule has 5 heteroatoms. The van der Waals surface area contributed by atoms with Gasteiger partial charge in [-0.05, 0) is 80.5 Å². The summed E-state index contributed by atoms with van der Waals surface area (Å²) in [4.78, 5) is 35.8. The number of ketones is 1. The molecule has 4 fully saturated rings. The van der Waals surface area contributed by atoms with Crippen molar-refractivity contribution in [2.24, 2.45) is 34.5 Å². The van der Waals surface area contributed by atoms with Gasteiger partial charge >= 0.3 is 11.9 Å². The normalized spacial score (nSPS) is 45.2. The first-order valence-electron chi connectivity index (χ1n) is 11.2. The maximum Gasteiger partial charge on any atom is 0.307 e. The third-order valence-electron chi connectivity index (χ3n) is 8.96. The minimum absolute atomic E-state index is 0.0716. The van der Waals surface area contributed by atoms with Crippen LogP contribution < -0.4 is 0 Å². The zero-order valence-corrected chi connectivity index (χ0v) is 18.2. The van der Waals surface area contributed by atoms with Crippen LogP contribution in [0.3, 0.4) is 0 Å². The highest BCUT2D eigenvalue weighted by atomic mass is 16.5. The summed E-state index contributed by atoms with van der Waals surface area (Å²) < 4.78 is 10.6. The minimum Gasteiger partial charge on any atom is -0.463 e. The standard InChI is InChI=1S/C24H34O5/c1-14(25)28-13-16-11-21-19-6-5-17-12-18(29-15(2)26)7-9-23(17,3)20(19)8-10-24(21,4)22(16)27/h13,17-21H,5-12H2,1-4H3/t17-,18-,19+,20-,21-,23-,24-/m0/s1. The van der Waals surface area contributed by atoms with Crippen LogP contribution in [0.1, 0.15) is 79.1 Å². The van der Waals surface area contributed by atoms with E-state index in [9.17, 15) is 14.4 Å². The summed E-state index contributed by atoms with van der Waals surface area (Å²) in [7, 11) is 0. The van der Waals surface area contributed by atoms with E-state index in [1.165, 1.54) is 20.1 Å². The molecule has 0 heterocycles. The van der Waals surface area contributed by atoms with Gasteiger partial charge in [-0.3, -0.25) is 14.4 Å². The maximum absolute atomic E-state index is 13.1. The molecule has 29 heavy (non-hydrogen) atoms. The van der Waals surface area contributed by atoms with Crippen LogP contribution in [0.4, 0.5) is 0 Å². The lowest BCUT2D eigenvalue weighted by molar-refractivity contribution is -0.160. The number of Topliss-reactive ketones (excluding diaryl/α,β-unsaturated/α-hetero) is 1. The van der Waals surface area contributed by atoms with Gasteiger partial charge in [-0.1, -0.05) is 13.8 Å². The van der Waals surface area contributed by atoms with Crippen molar-refractivity contribution in [2.75, 3.05) is 0 Å². The molecule has 5 nitrogen and oxygen atoms in total. The number of carbonyl (C=O) groups excluding carboxylic acids is 3. The lowest BCUT2D eigenvalue weighted by Crippen LogP contribution is -2.54. The second kappa shape index (κ2) is 7.24. The number of allylic oxidation sites excluding steroid dienone is 1. The van der Waals surface area contributed by atoms with Crippen LogP contribution in [0.2, 0.25) is 0 Å². The maximum atomic E-state index is 13.1. The molecule has 0 bridgehead atoms. The Morgan fingerprint density at radius 3 is 2.45 bits per heavy atom. The zero-order chi connectivity index (χ0) is 21.0. The Labute approximate surface area is 173 Å². The number of hydrogen-bond donors (Lipinski definition) is 0. The van der Waals surface area contributed by atoms with Gasteiger partial charge in [0.1, 0.15) is 12.4 Å². The fourth-order valence-electron chi connectivity index (χ4n) is 7.49. The monoisotopic (exact) mass is 402 g/mol. The summed E-state index contributed by atoms with van der Waals surface area (Å²) in [6.07, 6.45) is 9.57. The average Bonchev–Trinajstić information content (AvgIpc) is 2.91. The molecule has 160 valence electrons. The Morgan fingerprint density at radius 2 is 1.76 bits per heavy atom. The van der Waals surface area contributed by atoms with Gasteiger partial charge in [0, 0.05) is 24.8 Å². The fraction of sp³-hybridized carbons (Fsp3) is 0.792. The van der Waals surface area contributed by atoms with Crippen LogP contribution in [0.5, 0.6) is 0 Å². The van der Waals surface area contributed by atoms with Crippen LogP contribution in [0.25, 0.3) is 0 Å². The van der Waals surface area contributed by atoms with E-state index in [0.717, 1.165) is 51.4 Å². The van der Waals surface area contributed by atoms with E-state index in [1.807, 2.05) is 0 Å². The fourth-order valence-corrected chi connectivity index (χ4v) is 7.49. The van der Waals surface area contributed by atoms with Crippen molar-refractivity contribution < 1.29 is 23.9 Å². The molecular weight excluding hydrogens is 368 g/mol. The number of carbonyl (C=O) groups is 3. The zero-order valence-electron chi connectivity index (χ0n) is 18.2. The average molecular weight is 403 g/mol. The Bertz CT molecular complexity index is 754.